The smallest absolute Gasteiger partial charge is 0.343 e. The SMILES string of the molecule is Cn1nc(C(=O)Nc2ccccc2N2CCOCC2)[nH]c1=O. The molecule has 1 saturated heterocycles. The van der Waals surface area contributed by atoms with Crippen LogP contribution in [0, 0.1) is 0 Å². The number of benzene rings is 1. The highest BCUT2D eigenvalue weighted by atomic mass is 16.5. The molecule has 1 aromatic heterocycles. The number of hydrogen-bond acceptors (Lipinski definition) is 5. The molecule has 0 saturated carbocycles. The van der Waals surface area contributed by atoms with Crippen molar-refractivity contribution in [3.8, 4) is 0 Å². The van der Waals surface area contributed by atoms with E-state index in [-0.39, 0.29) is 5.82 Å². The van der Waals surface area contributed by atoms with Gasteiger partial charge in [0.1, 0.15) is 0 Å². The Morgan fingerprint density at radius 2 is 2.05 bits per heavy atom. The zero-order valence-electron chi connectivity index (χ0n) is 12.2. The van der Waals surface area contributed by atoms with E-state index in [9.17, 15) is 9.59 Å². The van der Waals surface area contributed by atoms with E-state index < -0.39 is 11.6 Å². The number of H-pyrrole nitrogens is 1. The van der Waals surface area contributed by atoms with E-state index in [1.54, 1.807) is 0 Å². The van der Waals surface area contributed by atoms with Crippen LogP contribution < -0.4 is 15.9 Å². The van der Waals surface area contributed by atoms with Crippen LogP contribution in [0.15, 0.2) is 29.1 Å². The fourth-order valence-electron chi connectivity index (χ4n) is 2.35. The first kappa shape index (κ1) is 14.3. The second kappa shape index (κ2) is 6.02. The molecule has 0 spiro atoms. The lowest BCUT2D eigenvalue weighted by molar-refractivity contribution is 0.101. The van der Waals surface area contributed by atoms with Crippen molar-refractivity contribution in [2.45, 2.75) is 0 Å². The van der Waals surface area contributed by atoms with E-state index in [4.69, 9.17) is 4.74 Å². The molecule has 116 valence electrons. The van der Waals surface area contributed by atoms with E-state index >= 15 is 0 Å². The van der Waals surface area contributed by atoms with Gasteiger partial charge in [-0.15, -0.1) is 5.10 Å². The summed E-state index contributed by atoms with van der Waals surface area (Å²) in [6.45, 7) is 2.87. The van der Waals surface area contributed by atoms with Crippen LogP contribution in [0.3, 0.4) is 0 Å². The van der Waals surface area contributed by atoms with Gasteiger partial charge in [0, 0.05) is 20.1 Å². The first-order chi connectivity index (χ1) is 10.6. The van der Waals surface area contributed by atoms with E-state index in [2.05, 4.69) is 20.3 Å². The number of aromatic amines is 1. The number of anilines is 2. The molecule has 0 bridgehead atoms. The maximum atomic E-state index is 12.2. The van der Waals surface area contributed by atoms with E-state index in [0.29, 0.717) is 18.9 Å². The van der Waals surface area contributed by atoms with Gasteiger partial charge in [-0.2, -0.15) is 0 Å². The van der Waals surface area contributed by atoms with Crippen LogP contribution in [-0.2, 0) is 11.8 Å². The van der Waals surface area contributed by atoms with Crippen LogP contribution in [-0.4, -0.2) is 47.0 Å². The molecule has 22 heavy (non-hydrogen) atoms. The molecule has 0 radical (unpaired) electrons. The summed E-state index contributed by atoms with van der Waals surface area (Å²) in [7, 11) is 1.48. The van der Waals surface area contributed by atoms with Crippen molar-refractivity contribution in [3.63, 3.8) is 0 Å². The highest BCUT2D eigenvalue weighted by molar-refractivity contribution is 6.03. The predicted octanol–water partition coefficient (Wildman–Crippen LogP) is 0.197. The number of aromatic nitrogens is 3. The maximum Gasteiger partial charge on any atom is 0.343 e. The molecule has 0 atom stereocenters. The van der Waals surface area contributed by atoms with Gasteiger partial charge in [0.2, 0.25) is 5.82 Å². The Balaban J connectivity index is 1.82. The zero-order chi connectivity index (χ0) is 15.5. The standard InChI is InChI=1S/C14H17N5O3/c1-18-14(21)16-12(17-18)13(20)15-10-4-2-3-5-11(10)19-6-8-22-9-7-19/h2-5H,6-9H2,1H3,(H,15,20)(H,16,17,21). The lowest BCUT2D eigenvalue weighted by Crippen LogP contribution is -2.36. The molecular formula is C14H17N5O3. The highest BCUT2D eigenvalue weighted by Gasteiger charge is 2.18. The van der Waals surface area contributed by atoms with Gasteiger partial charge in [-0.25, -0.2) is 9.48 Å². The van der Waals surface area contributed by atoms with Crippen molar-refractivity contribution in [2.75, 3.05) is 36.5 Å². The molecule has 2 N–H and O–H groups in total. The summed E-state index contributed by atoms with van der Waals surface area (Å²) in [5, 5.41) is 6.65. The largest absolute Gasteiger partial charge is 0.378 e. The van der Waals surface area contributed by atoms with Gasteiger partial charge < -0.3 is 15.0 Å². The molecule has 0 aliphatic carbocycles. The average molecular weight is 303 g/mol. The van der Waals surface area contributed by atoms with Crippen LogP contribution >= 0.6 is 0 Å². The molecular weight excluding hydrogens is 286 g/mol. The van der Waals surface area contributed by atoms with Gasteiger partial charge >= 0.3 is 5.69 Å². The second-order valence-electron chi connectivity index (χ2n) is 4.97. The Morgan fingerprint density at radius 3 is 2.73 bits per heavy atom. The van der Waals surface area contributed by atoms with Crippen molar-refractivity contribution >= 4 is 17.3 Å². The summed E-state index contributed by atoms with van der Waals surface area (Å²) in [4.78, 5) is 28.1. The summed E-state index contributed by atoms with van der Waals surface area (Å²) in [5.41, 5.74) is 1.19. The number of nitrogens with one attached hydrogen (secondary N) is 2. The number of aryl methyl sites for hydroxylation is 1. The van der Waals surface area contributed by atoms with Gasteiger partial charge in [0.25, 0.3) is 5.91 Å². The van der Waals surface area contributed by atoms with Crippen molar-refractivity contribution in [3.05, 3.63) is 40.6 Å². The van der Waals surface area contributed by atoms with Crippen LogP contribution in [0.5, 0.6) is 0 Å². The lowest BCUT2D eigenvalue weighted by Gasteiger charge is -2.30. The number of morpholine rings is 1. The van der Waals surface area contributed by atoms with E-state index in [1.807, 2.05) is 24.3 Å². The van der Waals surface area contributed by atoms with Crippen LogP contribution in [0.4, 0.5) is 11.4 Å². The third-order valence-electron chi connectivity index (χ3n) is 3.49. The normalized spacial score (nSPS) is 14.9. The fourth-order valence-corrected chi connectivity index (χ4v) is 2.35. The minimum Gasteiger partial charge on any atom is -0.378 e. The van der Waals surface area contributed by atoms with Gasteiger partial charge in [0.05, 0.1) is 24.6 Å². The molecule has 1 aliphatic heterocycles. The summed E-state index contributed by atoms with van der Waals surface area (Å²) < 4.78 is 6.43. The molecule has 0 unspecified atom stereocenters. The minimum absolute atomic E-state index is 0.00993. The van der Waals surface area contributed by atoms with Crippen molar-refractivity contribution in [1.82, 2.24) is 14.8 Å². The topological polar surface area (TPSA) is 92.2 Å². The Hall–Kier alpha value is -2.61. The molecule has 1 aromatic carbocycles. The number of para-hydroxylation sites is 2. The predicted molar refractivity (Wildman–Crippen MR) is 81.3 cm³/mol. The van der Waals surface area contributed by atoms with Crippen molar-refractivity contribution in [1.29, 1.82) is 0 Å². The molecule has 2 heterocycles. The number of ether oxygens (including phenoxy) is 1. The first-order valence-corrected chi connectivity index (χ1v) is 7.01. The average Bonchev–Trinajstić information content (AvgIpc) is 2.88. The minimum atomic E-state index is -0.446. The van der Waals surface area contributed by atoms with E-state index in [0.717, 1.165) is 23.5 Å². The van der Waals surface area contributed by atoms with E-state index in [1.165, 1.54) is 7.05 Å². The molecule has 1 amide bonds. The molecule has 1 fully saturated rings. The summed E-state index contributed by atoms with van der Waals surface area (Å²) in [6.07, 6.45) is 0. The number of carbonyl (C=O) groups is 1. The van der Waals surface area contributed by atoms with Crippen LogP contribution in [0.1, 0.15) is 10.6 Å². The number of hydrogen-bond donors (Lipinski definition) is 2. The summed E-state index contributed by atoms with van der Waals surface area (Å²) >= 11 is 0. The van der Waals surface area contributed by atoms with Crippen LogP contribution in [0.2, 0.25) is 0 Å². The highest BCUT2D eigenvalue weighted by Crippen LogP contribution is 2.26. The van der Waals surface area contributed by atoms with Crippen molar-refractivity contribution in [2.24, 2.45) is 7.05 Å². The Labute approximate surface area is 126 Å². The quantitative estimate of drug-likeness (QED) is 0.845. The molecule has 2 aromatic rings. The first-order valence-electron chi connectivity index (χ1n) is 7.01. The second-order valence-corrected chi connectivity index (χ2v) is 4.97. The van der Waals surface area contributed by atoms with Gasteiger partial charge in [-0.05, 0) is 12.1 Å². The summed E-state index contributed by atoms with van der Waals surface area (Å²) in [5.74, 6) is -0.456. The third kappa shape index (κ3) is 2.86. The lowest BCUT2D eigenvalue weighted by atomic mass is 10.2. The maximum absolute atomic E-state index is 12.2. The monoisotopic (exact) mass is 303 g/mol. The molecule has 8 nitrogen and oxygen atoms in total. The molecule has 3 rings (SSSR count). The number of nitrogens with zero attached hydrogens (tertiary/aromatic N) is 3. The fraction of sp³-hybridized carbons (Fsp3) is 0.357. The third-order valence-corrected chi connectivity index (χ3v) is 3.49. The molecule has 8 heteroatoms. The summed E-state index contributed by atoms with van der Waals surface area (Å²) in [6, 6.07) is 7.54. The zero-order valence-corrected chi connectivity index (χ0v) is 12.2. The van der Waals surface area contributed by atoms with Crippen molar-refractivity contribution < 1.29 is 9.53 Å². The molecule has 1 aliphatic rings. The van der Waals surface area contributed by atoms with Gasteiger partial charge in [-0.3, -0.25) is 9.78 Å². The van der Waals surface area contributed by atoms with Crippen LogP contribution in [0.25, 0.3) is 0 Å². The van der Waals surface area contributed by atoms with Gasteiger partial charge in [0.15, 0.2) is 0 Å². The number of carbonyl (C=O) groups excluding carboxylic acids is 1. The Morgan fingerprint density at radius 1 is 1.32 bits per heavy atom. The number of amides is 1. The number of rotatable bonds is 3. The Kier molecular flexibility index (Phi) is 3.92. The van der Waals surface area contributed by atoms with Gasteiger partial charge in [-0.1, -0.05) is 12.1 Å². The Bertz CT molecular complexity index is 730.